The topological polar surface area (TPSA) is 97.6 Å². The van der Waals surface area contributed by atoms with Gasteiger partial charge in [0.2, 0.25) is 0 Å². The first kappa shape index (κ1) is 22.8. The molecule has 1 unspecified atom stereocenters. The lowest BCUT2D eigenvalue weighted by atomic mass is 10.1. The molecule has 0 amide bonds. The van der Waals surface area contributed by atoms with E-state index in [-0.39, 0.29) is 6.42 Å². The van der Waals surface area contributed by atoms with Crippen molar-refractivity contribution in [3.63, 3.8) is 0 Å². The molecule has 0 fully saturated rings. The normalized spacial score (nSPS) is 12.1. The minimum Gasteiger partial charge on any atom is -0.489 e. The fraction of sp³-hybridized carbons (Fsp3) is 0.200. The van der Waals surface area contributed by atoms with Crippen molar-refractivity contribution < 1.29 is 29.3 Å². The minimum absolute atomic E-state index is 0.333. The standard InChI is InChI=1S/C25H25NO6/c1-30-26-25(21-5-3-2-4-6-21)32-17-19-9-7-18(8-10-19)16-31-22-13-11-20(12-14-22)23(27)15-24(28)29/h2-14,23,27H,15-17H2,1H3,(H,28,29)/b26-25-. The molecule has 0 saturated heterocycles. The second-order valence-corrected chi connectivity index (χ2v) is 7.02. The van der Waals surface area contributed by atoms with Gasteiger partial charge in [-0.1, -0.05) is 54.6 Å². The number of carboxylic acid groups (broad SMARTS) is 1. The summed E-state index contributed by atoms with van der Waals surface area (Å²) >= 11 is 0. The molecule has 0 radical (unpaired) electrons. The van der Waals surface area contributed by atoms with E-state index in [4.69, 9.17) is 19.4 Å². The number of nitrogens with zero attached hydrogens (tertiary/aromatic N) is 1. The van der Waals surface area contributed by atoms with Crippen LogP contribution >= 0.6 is 0 Å². The van der Waals surface area contributed by atoms with Crippen molar-refractivity contribution in [2.24, 2.45) is 5.16 Å². The van der Waals surface area contributed by atoms with Gasteiger partial charge in [0.25, 0.3) is 5.90 Å². The Labute approximate surface area is 186 Å². The molecular weight excluding hydrogens is 410 g/mol. The largest absolute Gasteiger partial charge is 0.489 e. The van der Waals surface area contributed by atoms with Gasteiger partial charge in [-0.05, 0) is 46.1 Å². The van der Waals surface area contributed by atoms with Gasteiger partial charge >= 0.3 is 5.97 Å². The number of hydrogen-bond acceptors (Lipinski definition) is 6. The maximum atomic E-state index is 10.7. The van der Waals surface area contributed by atoms with Crippen LogP contribution in [0.3, 0.4) is 0 Å². The minimum atomic E-state index is -1.05. The van der Waals surface area contributed by atoms with Gasteiger partial charge in [0.1, 0.15) is 26.1 Å². The molecule has 3 rings (SSSR count). The molecule has 0 aliphatic carbocycles. The van der Waals surface area contributed by atoms with Gasteiger partial charge in [-0.25, -0.2) is 0 Å². The Hall–Kier alpha value is -3.84. The van der Waals surface area contributed by atoms with Crippen molar-refractivity contribution in [2.75, 3.05) is 7.11 Å². The van der Waals surface area contributed by atoms with Crippen LogP contribution in [0.5, 0.6) is 5.75 Å². The smallest absolute Gasteiger partial charge is 0.306 e. The monoisotopic (exact) mass is 435 g/mol. The Kier molecular flexibility index (Phi) is 8.22. The van der Waals surface area contributed by atoms with Gasteiger partial charge < -0.3 is 24.5 Å². The molecule has 0 heterocycles. The van der Waals surface area contributed by atoms with Gasteiger partial charge in [-0.2, -0.15) is 0 Å². The molecule has 3 aromatic rings. The fourth-order valence-electron chi connectivity index (χ4n) is 2.95. The Morgan fingerprint density at radius 1 is 0.906 bits per heavy atom. The molecule has 7 nitrogen and oxygen atoms in total. The Morgan fingerprint density at radius 2 is 1.53 bits per heavy atom. The van der Waals surface area contributed by atoms with Gasteiger partial charge in [0.15, 0.2) is 0 Å². The molecule has 2 N–H and O–H groups in total. The van der Waals surface area contributed by atoms with Crippen molar-refractivity contribution >= 4 is 11.9 Å². The van der Waals surface area contributed by atoms with Crippen LogP contribution in [0.1, 0.15) is 34.8 Å². The number of aliphatic hydroxyl groups excluding tert-OH is 1. The van der Waals surface area contributed by atoms with Gasteiger partial charge in [0.05, 0.1) is 12.5 Å². The van der Waals surface area contributed by atoms with E-state index in [1.807, 2.05) is 54.6 Å². The average molecular weight is 435 g/mol. The number of ether oxygens (including phenoxy) is 2. The average Bonchev–Trinajstić information content (AvgIpc) is 2.81. The number of oxime groups is 1. The molecule has 0 aliphatic heterocycles. The summed E-state index contributed by atoms with van der Waals surface area (Å²) in [5, 5.41) is 22.6. The summed E-state index contributed by atoms with van der Waals surface area (Å²) in [6.45, 7) is 0.719. The zero-order chi connectivity index (χ0) is 22.8. The van der Waals surface area contributed by atoms with E-state index in [1.165, 1.54) is 7.11 Å². The first-order valence-electron chi connectivity index (χ1n) is 10.0. The lowest BCUT2D eigenvalue weighted by Crippen LogP contribution is -2.07. The predicted molar refractivity (Wildman–Crippen MR) is 119 cm³/mol. The molecule has 32 heavy (non-hydrogen) atoms. The summed E-state index contributed by atoms with van der Waals surface area (Å²) in [5.41, 5.74) is 3.33. The number of rotatable bonds is 10. The van der Waals surface area contributed by atoms with Crippen LogP contribution in [0, 0.1) is 0 Å². The highest BCUT2D eigenvalue weighted by molar-refractivity contribution is 5.93. The van der Waals surface area contributed by atoms with Crippen LogP contribution < -0.4 is 4.74 Å². The van der Waals surface area contributed by atoms with E-state index in [2.05, 4.69) is 5.16 Å². The summed E-state index contributed by atoms with van der Waals surface area (Å²) in [6, 6.07) is 24.1. The van der Waals surface area contributed by atoms with E-state index >= 15 is 0 Å². The molecule has 166 valence electrons. The second-order valence-electron chi connectivity index (χ2n) is 7.02. The Balaban J connectivity index is 1.51. The lowest BCUT2D eigenvalue weighted by molar-refractivity contribution is -0.139. The highest BCUT2D eigenvalue weighted by atomic mass is 16.6. The lowest BCUT2D eigenvalue weighted by Gasteiger charge is -2.11. The van der Waals surface area contributed by atoms with Crippen molar-refractivity contribution in [3.05, 3.63) is 101 Å². The maximum Gasteiger partial charge on any atom is 0.306 e. The zero-order valence-corrected chi connectivity index (χ0v) is 17.7. The van der Waals surface area contributed by atoms with Crippen LogP contribution in [-0.4, -0.2) is 29.2 Å². The van der Waals surface area contributed by atoms with E-state index in [0.29, 0.717) is 30.4 Å². The maximum absolute atomic E-state index is 10.7. The van der Waals surface area contributed by atoms with Crippen molar-refractivity contribution in [1.29, 1.82) is 0 Å². The summed E-state index contributed by atoms with van der Waals surface area (Å²) in [6.07, 6.45) is -1.37. The van der Waals surface area contributed by atoms with Crippen LogP contribution in [0.4, 0.5) is 0 Å². The van der Waals surface area contributed by atoms with Crippen molar-refractivity contribution in [3.8, 4) is 5.75 Å². The first-order valence-corrected chi connectivity index (χ1v) is 10.0. The summed E-state index contributed by atoms with van der Waals surface area (Å²) in [4.78, 5) is 15.6. The Bertz CT molecular complexity index is 1020. The van der Waals surface area contributed by atoms with Gasteiger partial charge in [-0.3, -0.25) is 4.79 Å². The highest BCUT2D eigenvalue weighted by Crippen LogP contribution is 2.21. The molecule has 0 bridgehead atoms. The van der Waals surface area contributed by atoms with E-state index < -0.39 is 12.1 Å². The Morgan fingerprint density at radius 3 is 2.12 bits per heavy atom. The number of benzene rings is 3. The summed E-state index contributed by atoms with van der Waals surface area (Å²) < 4.78 is 11.6. The molecule has 0 aromatic heterocycles. The molecular formula is C25H25NO6. The number of aliphatic hydroxyl groups is 1. The van der Waals surface area contributed by atoms with Gasteiger partial charge in [-0.15, -0.1) is 0 Å². The third-order valence-electron chi connectivity index (χ3n) is 4.63. The van der Waals surface area contributed by atoms with E-state index in [1.54, 1.807) is 24.3 Å². The molecule has 0 spiro atoms. The van der Waals surface area contributed by atoms with Crippen molar-refractivity contribution in [1.82, 2.24) is 0 Å². The van der Waals surface area contributed by atoms with Crippen LogP contribution in [0.15, 0.2) is 84.0 Å². The SMILES string of the molecule is CO/N=C(\OCc1ccc(COc2ccc(C(O)CC(=O)O)cc2)cc1)c1ccccc1. The number of carbonyl (C=O) groups is 1. The third-order valence-corrected chi connectivity index (χ3v) is 4.63. The molecule has 1 atom stereocenters. The van der Waals surface area contributed by atoms with Crippen LogP contribution in [0.25, 0.3) is 0 Å². The number of carboxylic acids is 1. The molecule has 3 aromatic carbocycles. The van der Waals surface area contributed by atoms with E-state index in [0.717, 1.165) is 16.7 Å². The highest BCUT2D eigenvalue weighted by Gasteiger charge is 2.12. The predicted octanol–water partition coefficient (Wildman–Crippen LogP) is 4.30. The zero-order valence-electron chi connectivity index (χ0n) is 17.7. The molecule has 0 saturated carbocycles. The fourth-order valence-corrected chi connectivity index (χ4v) is 2.95. The summed E-state index contributed by atoms with van der Waals surface area (Å²) in [5.74, 6) is -0.00154. The quantitative estimate of drug-likeness (QED) is 0.280. The molecule has 0 aliphatic rings. The van der Waals surface area contributed by atoms with Crippen molar-refractivity contribution in [2.45, 2.75) is 25.7 Å². The van der Waals surface area contributed by atoms with Gasteiger partial charge in [0, 0.05) is 5.56 Å². The first-order chi connectivity index (χ1) is 15.5. The second kappa shape index (κ2) is 11.5. The molecule has 7 heteroatoms. The number of hydrogen-bond donors (Lipinski definition) is 2. The third kappa shape index (κ3) is 6.85. The van der Waals surface area contributed by atoms with E-state index in [9.17, 15) is 9.90 Å². The van der Waals surface area contributed by atoms with Crippen LogP contribution in [-0.2, 0) is 27.6 Å². The number of aliphatic carboxylic acids is 1. The summed E-state index contributed by atoms with van der Waals surface area (Å²) in [7, 11) is 1.48. The van der Waals surface area contributed by atoms with Crippen LogP contribution in [0.2, 0.25) is 0 Å².